The second kappa shape index (κ2) is 8.48. The third kappa shape index (κ3) is 6.00. The van der Waals surface area contributed by atoms with Gasteiger partial charge in [-0.1, -0.05) is 12.1 Å². The van der Waals surface area contributed by atoms with Gasteiger partial charge in [0.05, 0.1) is 11.2 Å². The van der Waals surface area contributed by atoms with Gasteiger partial charge >= 0.3 is 0 Å². The molecule has 10 heteroatoms. The first-order valence-corrected chi connectivity index (χ1v) is 12.8. The number of hydrogen-bond donors (Lipinski definition) is 2. The van der Waals surface area contributed by atoms with Crippen LogP contribution in [0.25, 0.3) is 0 Å². The van der Waals surface area contributed by atoms with Gasteiger partial charge < -0.3 is 5.32 Å². The quantitative estimate of drug-likeness (QED) is 0.628. The third-order valence-corrected chi connectivity index (χ3v) is 7.80. The summed E-state index contributed by atoms with van der Waals surface area (Å²) in [6.45, 7) is 0.807. The summed E-state index contributed by atoms with van der Waals surface area (Å²) in [5.41, 5.74) is 0.877. The molecule has 1 saturated carbocycles. The van der Waals surface area contributed by atoms with Crippen LogP contribution in [0.3, 0.4) is 0 Å². The van der Waals surface area contributed by atoms with Crippen molar-refractivity contribution in [3.8, 4) is 0 Å². The molecule has 1 saturated heterocycles. The Morgan fingerprint density at radius 1 is 1.07 bits per heavy atom. The van der Waals surface area contributed by atoms with Crippen LogP contribution in [-0.2, 0) is 31.3 Å². The number of rotatable bonds is 8. The molecule has 2 aliphatic rings. The summed E-state index contributed by atoms with van der Waals surface area (Å²) in [5, 5.41) is 2.90. The van der Waals surface area contributed by atoms with Crippen molar-refractivity contribution in [2.45, 2.75) is 55.5 Å². The topological polar surface area (TPSA) is 113 Å². The maximum Gasteiger partial charge on any atom is 0.240 e. The lowest BCUT2D eigenvalue weighted by Crippen LogP contribution is -2.49. The smallest absolute Gasteiger partial charge is 0.240 e. The molecule has 1 aliphatic heterocycles. The van der Waals surface area contributed by atoms with E-state index < -0.39 is 20.0 Å². The zero-order valence-corrected chi connectivity index (χ0v) is 17.6. The Labute approximate surface area is 166 Å². The van der Waals surface area contributed by atoms with E-state index in [1.807, 2.05) is 0 Å². The van der Waals surface area contributed by atoms with E-state index in [9.17, 15) is 21.6 Å². The molecular formula is C18H27N3O5S2. The van der Waals surface area contributed by atoms with Gasteiger partial charge in [-0.05, 0) is 49.8 Å². The highest BCUT2D eigenvalue weighted by Crippen LogP contribution is 2.22. The summed E-state index contributed by atoms with van der Waals surface area (Å²) in [5.74, 6) is -0.132. The molecule has 3 rings (SSSR count). The number of aryl methyl sites for hydroxylation is 1. The standard InChI is InChI=1S/C18H27N3O5S2/c1-27(23,24)21-12-2-3-16(13-21)19-18(22)11-6-14-4-9-17(10-5-14)28(25,26)20-15-7-8-15/h4-5,9-10,15-16,20H,2-3,6-8,11-13H2,1H3,(H,19,22). The minimum atomic E-state index is -3.46. The molecule has 1 amide bonds. The maximum absolute atomic E-state index is 12.2. The van der Waals surface area contributed by atoms with E-state index in [0.717, 1.165) is 31.2 Å². The van der Waals surface area contributed by atoms with Crippen molar-refractivity contribution in [3.63, 3.8) is 0 Å². The number of piperidine rings is 1. The second-order valence-electron chi connectivity index (χ2n) is 7.57. The first-order chi connectivity index (χ1) is 13.1. The monoisotopic (exact) mass is 429 g/mol. The van der Waals surface area contributed by atoms with Crippen LogP contribution in [0.5, 0.6) is 0 Å². The fraction of sp³-hybridized carbons (Fsp3) is 0.611. The van der Waals surface area contributed by atoms with Crippen molar-refractivity contribution in [1.82, 2.24) is 14.3 Å². The van der Waals surface area contributed by atoms with Crippen LogP contribution in [0.2, 0.25) is 0 Å². The van der Waals surface area contributed by atoms with E-state index in [1.54, 1.807) is 24.3 Å². The molecule has 2 N–H and O–H groups in total. The van der Waals surface area contributed by atoms with Crippen LogP contribution in [-0.4, -0.2) is 58.5 Å². The molecule has 0 bridgehead atoms. The van der Waals surface area contributed by atoms with E-state index in [4.69, 9.17) is 0 Å². The fourth-order valence-corrected chi connectivity index (χ4v) is 5.46. The highest BCUT2D eigenvalue weighted by atomic mass is 32.2. The summed E-state index contributed by atoms with van der Waals surface area (Å²) in [6.07, 6.45) is 5.19. The van der Waals surface area contributed by atoms with Crippen LogP contribution in [0.4, 0.5) is 0 Å². The molecule has 1 aliphatic carbocycles. The average Bonchev–Trinajstić information content (AvgIpc) is 3.43. The molecule has 1 heterocycles. The van der Waals surface area contributed by atoms with Crippen molar-refractivity contribution < 1.29 is 21.6 Å². The summed E-state index contributed by atoms with van der Waals surface area (Å²) in [6, 6.07) is 6.46. The summed E-state index contributed by atoms with van der Waals surface area (Å²) in [4.78, 5) is 12.4. The number of amides is 1. The zero-order valence-electron chi connectivity index (χ0n) is 15.9. The molecule has 1 aromatic rings. The Kier molecular flexibility index (Phi) is 6.43. The van der Waals surface area contributed by atoms with E-state index in [-0.39, 0.29) is 29.3 Å². The van der Waals surface area contributed by atoms with Crippen molar-refractivity contribution in [2.24, 2.45) is 0 Å². The molecule has 0 radical (unpaired) electrons. The van der Waals surface area contributed by atoms with Crippen LogP contribution < -0.4 is 10.0 Å². The fourth-order valence-electron chi connectivity index (χ4n) is 3.24. The van der Waals surface area contributed by atoms with Gasteiger partial charge in [-0.15, -0.1) is 0 Å². The van der Waals surface area contributed by atoms with Gasteiger partial charge in [-0.25, -0.2) is 25.9 Å². The van der Waals surface area contributed by atoms with E-state index in [2.05, 4.69) is 10.0 Å². The highest BCUT2D eigenvalue weighted by molar-refractivity contribution is 7.89. The third-order valence-electron chi connectivity index (χ3n) is 4.99. The van der Waals surface area contributed by atoms with E-state index in [1.165, 1.54) is 10.6 Å². The van der Waals surface area contributed by atoms with E-state index >= 15 is 0 Å². The van der Waals surface area contributed by atoms with Gasteiger partial charge in [0.1, 0.15) is 0 Å². The summed E-state index contributed by atoms with van der Waals surface area (Å²) >= 11 is 0. The first-order valence-electron chi connectivity index (χ1n) is 9.49. The lowest BCUT2D eigenvalue weighted by Gasteiger charge is -2.31. The van der Waals surface area contributed by atoms with E-state index in [0.29, 0.717) is 19.5 Å². The zero-order chi connectivity index (χ0) is 20.4. The number of carbonyl (C=O) groups is 1. The van der Waals surface area contributed by atoms with Crippen molar-refractivity contribution in [3.05, 3.63) is 29.8 Å². The molecular weight excluding hydrogens is 402 g/mol. The normalized spacial score (nSPS) is 21.4. The van der Waals surface area contributed by atoms with Crippen molar-refractivity contribution >= 4 is 26.0 Å². The second-order valence-corrected chi connectivity index (χ2v) is 11.3. The Morgan fingerprint density at radius 2 is 1.75 bits per heavy atom. The van der Waals surface area contributed by atoms with Gasteiger partial charge in [-0.2, -0.15) is 0 Å². The van der Waals surface area contributed by atoms with Crippen LogP contribution in [0, 0.1) is 0 Å². The molecule has 1 aromatic carbocycles. The van der Waals surface area contributed by atoms with Gasteiger partial charge in [0.15, 0.2) is 0 Å². The molecule has 0 aromatic heterocycles. The number of nitrogens with zero attached hydrogens (tertiary/aromatic N) is 1. The minimum absolute atomic E-state index is 0.0618. The number of hydrogen-bond acceptors (Lipinski definition) is 5. The minimum Gasteiger partial charge on any atom is -0.352 e. The predicted molar refractivity (Wildman–Crippen MR) is 106 cm³/mol. The number of benzene rings is 1. The lowest BCUT2D eigenvalue weighted by atomic mass is 10.1. The van der Waals surface area contributed by atoms with Gasteiger partial charge in [0, 0.05) is 31.6 Å². The summed E-state index contributed by atoms with van der Waals surface area (Å²) < 4.78 is 51.7. The van der Waals surface area contributed by atoms with Gasteiger partial charge in [-0.3, -0.25) is 4.79 Å². The maximum atomic E-state index is 12.2. The number of nitrogens with one attached hydrogen (secondary N) is 2. The lowest BCUT2D eigenvalue weighted by molar-refractivity contribution is -0.122. The Bertz CT molecular complexity index is 909. The average molecular weight is 430 g/mol. The van der Waals surface area contributed by atoms with Gasteiger partial charge in [0.2, 0.25) is 26.0 Å². The van der Waals surface area contributed by atoms with Gasteiger partial charge in [0.25, 0.3) is 0 Å². The first kappa shape index (κ1) is 21.2. The molecule has 1 atom stereocenters. The molecule has 1 unspecified atom stereocenters. The molecule has 0 spiro atoms. The van der Waals surface area contributed by atoms with Crippen LogP contribution in [0.1, 0.15) is 37.7 Å². The van der Waals surface area contributed by atoms with Crippen LogP contribution >= 0.6 is 0 Å². The number of sulfonamides is 2. The Hall–Kier alpha value is -1.49. The van der Waals surface area contributed by atoms with Crippen molar-refractivity contribution in [1.29, 1.82) is 0 Å². The Morgan fingerprint density at radius 3 is 2.36 bits per heavy atom. The highest BCUT2D eigenvalue weighted by Gasteiger charge is 2.28. The molecule has 2 fully saturated rings. The SMILES string of the molecule is CS(=O)(=O)N1CCCC(NC(=O)CCc2ccc(S(=O)(=O)NC3CC3)cc2)C1. The largest absolute Gasteiger partial charge is 0.352 e. The van der Waals surface area contributed by atoms with Crippen LogP contribution in [0.15, 0.2) is 29.2 Å². The van der Waals surface area contributed by atoms with Crippen molar-refractivity contribution in [2.75, 3.05) is 19.3 Å². The number of carbonyl (C=O) groups excluding carboxylic acids is 1. The molecule has 156 valence electrons. The molecule has 28 heavy (non-hydrogen) atoms. The Balaban J connectivity index is 1.48. The summed E-state index contributed by atoms with van der Waals surface area (Å²) in [7, 11) is -6.71. The molecule has 8 nitrogen and oxygen atoms in total. The predicted octanol–water partition coefficient (Wildman–Crippen LogP) is 0.600.